The summed E-state index contributed by atoms with van der Waals surface area (Å²) in [5.41, 5.74) is 0.839. The van der Waals surface area contributed by atoms with E-state index in [-0.39, 0.29) is 12.1 Å². The lowest BCUT2D eigenvalue weighted by Gasteiger charge is -2.35. The molecule has 0 radical (unpaired) electrons. The molecule has 2 rings (SSSR count). The Labute approximate surface area is 133 Å². The second-order valence-electron chi connectivity index (χ2n) is 7.06. The van der Waals surface area contributed by atoms with E-state index in [1.807, 2.05) is 31.7 Å². The summed E-state index contributed by atoms with van der Waals surface area (Å²) in [7, 11) is 0. The highest BCUT2D eigenvalue weighted by Gasteiger charge is 2.28. The van der Waals surface area contributed by atoms with Gasteiger partial charge in [0.15, 0.2) is 0 Å². The third kappa shape index (κ3) is 5.02. The van der Waals surface area contributed by atoms with Crippen LogP contribution < -0.4 is 5.32 Å². The predicted molar refractivity (Wildman–Crippen MR) is 88.8 cm³/mol. The molecule has 1 fully saturated rings. The van der Waals surface area contributed by atoms with Crippen LogP contribution in [0.25, 0.3) is 0 Å². The summed E-state index contributed by atoms with van der Waals surface area (Å²) < 4.78 is 5.47. The smallest absolute Gasteiger partial charge is 0.410 e. The molecule has 4 nitrogen and oxygen atoms in total. The summed E-state index contributed by atoms with van der Waals surface area (Å²) in [6.07, 6.45) is 1.90. The highest BCUT2D eigenvalue weighted by molar-refractivity contribution is 5.68. The Morgan fingerprint density at radius 3 is 2.64 bits per heavy atom. The minimum atomic E-state index is -0.436. The zero-order valence-corrected chi connectivity index (χ0v) is 14.1. The Hall–Kier alpha value is -1.55. The molecule has 2 atom stereocenters. The van der Waals surface area contributed by atoms with Crippen molar-refractivity contribution >= 4 is 6.09 Å². The van der Waals surface area contributed by atoms with Gasteiger partial charge in [-0.1, -0.05) is 30.3 Å². The number of nitrogens with one attached hydrogen (secondary N) is 1. The molecule has 0 spiro atoms. The lowest BCUT2D eigenvalue weighted by molar-refractivity contribution is 0.0184. The minimum Gasteiger partial charge on any atom is -0.444 e. The number of ether oxygens (including phenoxy) is 1. The van der Waals surface area contributed by atoms with Gasteiger partial charge in [-0.3, -0.25) is 0 Å². The van der Waals surface area contributed by atoms with Crippen molar-refractivity contribution < 1.29 is 9.53 Å². The largest absolute Gasteiger partial charge is 0.444 e. The van der Waals surface area contributed by atoms with Crippen molar-refractivity contribution in [1.29, 1.82) is 0 Å². The first-order chi connectivity index (χ1) is 10.3. The topological polar surface area (TPSA) is 41.6 Å². The van der Waals surface area contributed by atoms with E-state index in [9.17, 15) is 4.79 Å². The second kappa shape index (κ2) is 7.14. The van der Waals surface area contributed by atoms with Crippen LogP contribution in [0.3, 0.4) is 0 Å². The lowest BCUT2D eigenvalue weighted by atomic mass is 10.0. The molecule has 1 heterocycles. The fourth-order valence-electron chi connectivity index (χ4n) is 2.80. The van der Waals surface area contributed by atoms with Crippen molar-refractivity contribution in [3.8, 4) is 0 Å². The van der Waals surface area contributed by atoms with Gasteiger partial charge in [0.1, 0.15) is 5.60 Å². The van der Waals surface area contributed by atoms with Gasteiger partial charge in [-0.25, -0.2) is 4.79 Å². The van der Waals surface area contributed by atoms with Crippen molar-refractivity contribution in [3.63, 3.8) is 0 Å². The molecule has 1 aromatic carbocycles. The van der Waals surface area contributed by atoms with Gasteiger partial charge >= 0.3 is 6.09 Å². The number of hydrogen-bond donors (Lipinski definition) is 1. The van der Waals surface area contributed by atoms with Crippen molar-refractivity contribution in [1.82, 2.24) is 10.2 Å². The number of likely N-dealkylation sites (tertiary alicyclic amines) is 1. The molecular weight excluding hydrogens is 276 g/mol. The summed E-state index contributed by atoms with van der Waals surface area (Å²) in [5.74, 6) is 0. The van der Waals surface area contributed by atoms with Crippen LogP contribution in [0.5, 0.6) is 0 Å². The molecule has 1 aliphatic heterocycles. The van der Waals surface area contributed by atoms with Crippen LogP contribution in [-0.4, -0.2) is 35.7 Å². The maximum atomic E-state index is 12.2. The van der Waals surface area contributed by atoms with E-state index in [2.05, 4.69) is 36.5 Å². The van der Waals surface area contributed by atoms with Gasteiger partial charge in [0.2, 0.25) is 0 Å². The number of carbonyl (C=O) groups is 1. The van der Waals surface area contributed by atoms with Crippen molar-refractivity contribution in [2.45, 2.75) is 58.2 Å². The van der Waals surface area contributed by atoms with Crippen molar-refractivity contribution in [3.05, 3.63) is 35.9 Å². The Balaban J connectivity index is 1.89. The van der Waals surface area contributed by atoms with Gasteiger partial charge in [-0.05, 0) is 46.1 Å². The average molecular weight is 304 g/mol. The highest BCUT2D eigenvalue weighted by atomic mass is 16.6. The molecule has 1 amide bonds. The van der Waals surface area contributed by atoms with E-state index in [4.69, 9.17) is 4.74 Å². The predicted octanol–water partition coefficient (Wildman–Crippen LogP) is 3.74. The number of carbonyl (C=O) groups excluding carboxylic acids is 1. The highest BCUT2D eigenvalue weighted by Crippen LogP contribution is 2.18. The van der Waals surface area contributed by atoms with Crippen LogP contribution in [-0.2, 0) is 4.74 Å². The Morgan fingerprint density at radius 1 is 1.32 bits per heavy atom. The number of amides is 1. The first-order valence-electron chi connectivity index (χ1n) is 8.14. The minimum absolute atomic E-state index is 0.202. The molecule has 0 unspecified atom stereocenters. The molecule has 0 aromatic heterocycles. The molecule has 1 aromatic rings. The molecule has 22 heavy (non-hydrogen) atoms. The SMILES string of the molecule is C[C@@H](N[C@@H]1CCCN(C(=O)OC(C)(C)C)C1)c1ccccc1. The van der Waals surface area contributed by atoms with Crippen LogP contribution in [0.4, 0.5) is 4.79 Å². The Morgan fingerprint density at radius 2 is 2.00 bits per heavy atom. The van der Waals surface area contributed by atoms with Crippen LogP contribution in [0, 0.1) is 0 Å². The molecule has 1 N–H and O–H groups in total. The van der Waals surface area contributed by atoms with Crippen molar-refractivity contribution in [2.75, 3.05) is 13.1 Å². The average Bonchev–Trinajstić information content (AvgIpc) is 2.46. The van der Waals surface area contributed by atoms with E-state index in [0.717, 1.165) is 19.4 Å². The molecular formula is C18H28N2O2. The fourth-order valence-corrected chi connectivity index (χ4v) is 2.80. The van der Waals surface area contributed by atoms with E-state index >= 15 is 0 Å². The van der Waals surface area contributed by atoms with Gasteiger partial charge < -0.3 is 15.0 Å². The molecule has 0 saturated carbocycles. The molecule has 1 aliphatic rings. The van der Waals surface area contributed by atoms with Gasteiger partial charge in [0, 0.05) is 25.2 Å². The maximum Gasteiger partial charge on any atom is 0.410 e. The summed E-state index contributed by atoms with van der Waals surface area (Å²) in [4.78, 5) is 14.0. The summed E-state index contributed by atoms with van der Waals surface area (Å²) in [6.45, 7) is 9.38. The first kappa shape index (κ1) is 16.8. The van der Waals surface area contributed by atoms with Gasteiger partial charge in [-0.15, -0.1) is 0 Å². The monoisotopic (exact) mass is 304 g/mol. The first-order valence-corrected chi connectivity index (χ1v) is 8.14. The van der Waals surface area contributed by atoms with Crippen LogP contribution in [0.15, 0.2) is 30.3 Å². The van der Waals surface area contributed by atoms with E-state index in [1.54, 1.807) is 0 Å². The third-order valence-electron chi connectivity index (χ3n) is 3.86. The molecule has 122 valence electrons. The number of nitrogens with zero attached hydrogens (tertiary/aromatic N) is 1. The Kier molecular flexibility index (Phi) is 5.46. The summed E-state index contributed by atoms with van der Waals surface area (Å²) in [5, 5.41) is 3.63. The van der Waals surface area contributed by atoms with Crippen LogP contribution in [0.1, 0.15) is 52.1 Å². The number of piperidine rings is 1. The molecule has 1 saturated heterocycles. The van der Waals surface area contributed by atoms with Crippen LogP contribution >= 0.6 is 0 Å². The molecule has 0 bridgehead atoms. The number of hydrogen-bond acceptors (Lipinski definition) is 3. The third-order valence-corrected chi connectivity index (χ3v) is 3.86. The number of rotatable bonds is 3. The van der Waals surface area contributed by atoms with E-state index < -0.39 is 5.60 Å². The zero-order valence-electron chi connectivity index (χ0n) is 14.1. The normalized spacial score (nSPS) is 20.5. The van der Waals surface area contributed by atoms with Crippen molar-refractivity contribution in [2.24, 2.45) is 0 Å². The Bertz CT molecular complexity index is 482. The van der Waals surface area contributed by atoms with Crippen LogP contribution in [0.2, 0.25) is 0 Å². The quantitative estimate of drug-likeness (QED) is 0.925. The summed E-state index contributed by atoms with van der Waals surface area (Å²) in [6, 6.07) is 11.0. The van der Waals surface area contributed by atoms with Gasteiger partial charge in [0.05, 0.1) is 0 Å². The van der Waals surface area contributed by atoms with Gasteiger partial charge in [-0.2, -0.15) is 0 Å². The molecule has 0 aliphatic carbocycles. The summed E-state index contributed by atoms with van der Waals surface area (Å²) >= 11 is 0. The second-order valence-corrected chi connectivity index (χ2v) is 7.06. The van der Waals surface area contributed by atoms with Gasteiger partial charge in [0.25, 0.3) is 0 Å². The maximum absolute atomic E-state index is 12.2. The zero-order chi connectivity index (χ0) is 16.2. The van der Waals surface area contributed by atoms with E-state index in [0.29, 0.717) is 12.6 Å². The fraction of sp³-hybridized carbons (Fsp3) is 0.611. The van der Waals surface area contributed by atoms with E-state index in [1.165, 1.54) is 5.56 Å². The molecule has 4 heteroatoms. The number of benzene rings is 1. The standard InChI is InChI=1S/C18H28N2O2/c1-14(15-9-6-5-7-10-15)19-16-11-8-12-20(13-16)17(21)22-18(2,3)4/h5-7,9-10,14,16,19H,8,11-13H2,1-4H3/t14-,16-/m1/s1. The lowest BCUT2D eigenvalue weighted by Crippen LogP contribution is -2.49.